The smallest absolute Gasteiger partial charge is 0.335 e. The lowest BCUT2D eigenvalue weighted by Crippen LogP contribution is -2.12. The SMILES string of the molecule is O=C(CCCl)Nc1cc(C(=O)O)ccc1O. The van der Waals surface area contributed by atoms with Crippen LogP contribution in [0.4, 0.5) is 5.69 Å². The Morgan fingerprint density at radius 1 is 1.38 bits per heavy atom. The van der Waals surface area contributed by atoms with Crippen LogP contribution in [0.2, 0.25) is 0 Å². The molecule has 16 heavy (non-hydrogen) atoms. The Bertz CT molecular complexity index is 419. The first-order chi connectivity index (χ1) is 7.54. The van der Waals surface area contributed by atoms with Crippen molar-refractivity contribution in [2.75, 3.05) is 11.2 Å². The van der Waals surface area contributed by atoms with Crippen LogP contribution in [0.15, 0.2) is 18.2 Å². The lowest BCUT2D eigenvalue weighted by molar-refractivity contribution is -0.115. The molecule has 0 aromatic heterocycles. The molecule has 0 saturated carbocycles. The van der Waals surface area contributed by atoms with Gasteiger partial charge in [-0.05, 0) is 18.2 Å². The number of carboxylic acid groups (broad SMARTS) is 1. The molecule has 6 heteroatoms. The number of hydrogen-bond acceptors (Lipinski definition) is 3. The molecule has 0 aliphatic rings. The predicted octanol–water partition coefficient (Wildman–Crippen LogP) is 1.66. The van der Waals surface area contributed by atoms with Crippen LogP contribution in [0.5, 0.6) is 5.75 Å². The van der Waals surface area contributed by atoms with E-state index in [1.807, 2.05) is 0 Å². The van der Waals surface area contributed by atoms with Gasteiger partial charge in [0, 0.05) is 12.3 Å². The third-order valence-corrected chi connectivity index (χ3v) is 2.03. The number of aromatic hydroxyl groups is 1. The van der Waals surface area contributed by atoms with Gasteiger partial charge in [-0.15, -0.1) is 11.6 Å². The first-order valence-corrected chi connectivity index (χ1v) is 5.00. The zero-order valence-corrected chi connectivity index (χ0v) is 8.99. The topological polar surface area (TPSA) is 86.6 Å². The molecule has 86 valence electrons. The average Bonchev–Trinajstić information content (AvgIpc) is 2.21. The Hall–Kier alpha value is -1.75. The maximum absolute atomic E-state index is 11.2. The Morgan fingerprint density at radius 3 is 2.62 bits per heavy atom. The van der Waals surface area contributed by atoms with Crippen molar-refractivity contribution in [3.8, 4) is 5.75 Å². The molecule has 5 nitrogen and oxygen atoms in total. The third kappa shape index (κ3) is 3.13. The van der Waals surface area contributed by atoms with Crippen molar-refractivity contribution in [3.05, 3.63) is 23.8 Å². The summed E-state index contributed by atoms with van der Waals surface area (Å²) in [5.74, 6) is -1.54. The highest BCUT2D eigenvalue weighted by molar-refractivity contribution is 6.19. The number of nitrogens with one attached hydrogen (secondary N) is 1. The van der Waals surface area contributed by atoms with Crippen LogP contribution < -0.4 is 5.32 Å². The number of phenols is 1. The first-order valence-electron chi connectivity index (χ1n) is 4.46. The molecule has 1 aromatic rings. The number of halogens is 1. The van der Waals surface area contributed by atoms with Gasteiger partial charge in [-0.2, -0.15) is 0 Å². The van der Waals surface area contributed by atoms with E-state index in [2.05, 4.69) is 5.32 Å². The van der Waals surface area contributed by atoms with Crippen LogP contribution in [0.1, 0.15) is 16.8 Å². The molecule has 0 aliphatic heterocycles. The minimum Gasteiger partial charge on any atom is -0.506 e. The number of phenolic OH excluding ortho intramolecular Hbond substituents is 1. The fourth-order valence-electron chi connectivity index (χ4n) is 1.07. The molecular weight excluding hydrogens is 234 g/mol. The van der Waals surface area contributed by atoms with Gasteiger partial charge in [0.25, 0.3) is 0 Å². The van der Waals surface area contributed by atoms with E-state index in [-0.39, 0.29) is 35.2 Å². The predicted molar refractivity (Wildman–Crippen MR) is 59.0 cm³/mol. The number of hydrogen-bond donors (Lipinski definition) is 3. The van der Waals surface area contributed by atoms with Crippen molar-refractivity contribution in [2.45, 2.75) is 6.42 Å². The largest absolute Gasteiger partial charge is 0.506 e. The molecule has 0 radical (unpaired) electrons. The van der Waals surface area contributed by atoms with Gasteiger partial charge < -0.3 is 15.5 Å². The van der Waals surface area contributed by atoms with Crippen molar-refractivity contribution in [3.63, 3.8) is 0 Å². The molecule has 0 heterocycles. The molecule has 0 saturated heterocycles. The number of carbonyl (C=O) groups excluding carboxylic acids is 1. The zero-order chi connectivity index (χ0) is 12.1. The van der Waals surface area contributed by atoms with E-state index in [1.54, 1.807) is 0 Å². The quantitative estimate of drug-likeness (QED) is 0.554. The van der Waals surface area contributed by atoms with Crippen molar-refractivity contribution >= 4 is 29.2 Å². The molecular formula is C10H10ClNO4. The molecule has 0 bridgehead atoms. The lowest BCUT2D eigenvalue weighted by Gasteiger charge is -2.07. The van der Waals surface area contributed by atoms with Crippen molar-refractivity contribution in [2.24, 2.45) is 0 Å². The minimum atomic E-state index is -1.13. The zero-order valence-electron chi connectivity index (χ0n) is 8.24. The summed E-state index contributed by atoms with van der Waals surface area (Å²) in [5.41, 5.74) is 0.0500. The van der Waals surface area contributed by atoms with E-state index >= 15 is 0 Å². The van der Waals surface area contributed by atoms with E-state index in [4.69, 9.17) is 16.7 Å². The summed E-state index contributed by atoms with van der Waals surface area (Å²) in [6, 6.07) is 3.64. The highest BCUT2D eigenvalue weighted by Crippen LogP contribution is 2.24. The number of alkyl halides is 1. The highest BCUT2D eigenvalue weighted by Gasteiger charge is 2.10. The summed E-state index contributed by atoms with van der Waals surface area (Å²) in [5, 5.41) is 20.5. The van der Waals surface area contributed by atoms with Gasteiger partial charge in [-0.1, -0.05) is 0 Å². The summed E-state index contributed by atoms with van der Waals surface area (Å²) in [6.45, 7) is 0. The second-order valence-electron chi connectivity index (χ2n) is 3.02. The Balaban J connectivity index is 2.90. The number of anilines is 1. The second kappa shape index (κ2) is 5.37. The summed E-state index contributed by atoms with van der Waals surface area (Å²) >= 11 is 5.37. The molecule has 1 aromatic carbocycles. The molecule has 0 atom stereocenters. The summed E-state index contributed by atoms with van der Waals surface area (Å²) in [4.78, 5) is 21.9. The van der Waals surface area contributed by atoms with Gasteiger partial charge in [0.05, 0.1) is 11.3 Å². The number of aromatic carboxylic acids is 1. The van der Waals surface area contributed by atoms with E-state index < -0.39 is 5.97 Å². The van der Waals surface area contributed by atoms with Crippen LogP contribution >= 0.6 is 11.6 Å². The maximum atomic E-state index is 11.2. The fourth-order valence-corrected chi connectivity index (χ4v) is 1.24. The molecule has 0 unspecified atom stereocenters. The molecule has 1 rings (SSSR count). The van der Waals surface area contributed by atoms with E-state index in [0.717, 1.165) is 0 Å². The van der Waals surface area contributed by atoms with Gasteiger partial charge in [0.2, 0.25) is 5.91 Å². The van der Waals surface area contributed by atoms with Gasteiger partial charge in [-0.3, -0.25) is 4.79 Å². The summed E-state index contributed by atoms with van der Waals surface area (Å²) in [6.07, 6.45) is 0.0955. The first kappa shape index (κ1) is 12.3. The number of benzene rings is 1. The summed E-state index contributed by atoms with van der Waals surface area (Å²) < 4.78 is 0. The van der Waals surface area contributed by atoms with Crippen LogP contribution in [0.3, 0.4) is 0 Å². The van der Waals surface area contributed by atoms with Gasteiger partial charge in [0.1, 0.15) is 5.75 Å². The van der Waals surface area contributed by atoms with Crippen molar-refractivity contribution < 1.29 is 19.8 Å². The van der Waals surface area contributed by atoms with Gasteiger partial charge >= 0.3 is 5.97 Å². The lowest BCUT2D eigenvalue weighted by atomic mass is 10.2. The maximum Gasteiger partial charge on any atom is 0.335 e. The molecule has 1 amide bonds. The van der Waals surface area contributed by atoms with Crippen LogP contribution in [-0.4, -0.2) is 28.0 Å². The van der Waals surface area contributed by atoms with Crippen LogP contribution in [-0.2, 0) is 4.79 Å². The molecule has 0 spiro atoms. The fraction of sp³-hybridized carbons (Fsp3) is 0.200. The van der Waals surface area contributed by atoms with Crippen LogP contribution in [0, 0.1) is 0 Å². The average molecular weight is 244 g/mol. The van der Waals surface area contributed by atoms with E-state index in [9.17, 15) is 14.7 Å². The monoisotopic (exact) mass is 243 g/mol. The van der Waals surface area contributed by atoms with Crippen molar-refractivity contribution in [1.82, 2.24) is 0 Å². The second-order valence-corrected chi connectivity index (χ2v) is 3.40. The molecule has 0 fully saturated rings. The molecule has 3 N–H and O–H groups in total. The highest BCUT2D eigenvalue weighted by atomic mass is 35.5. The summed E-state index contributed by atoms with van der Waals surface area (Å²) in [7, 11) is 0. The minimum absolute atomic E-state index is 0.0148. The number of amides is 1. The number of rotatable bonds is 4. The van der Waals surface area contributed by atoms with Crippen molar-refractivity contribution in [1.29, 1.82) is 0 Å². The van der Waals surface area contributed by atoms with Crippen LogP contribution in [0.25, 0.3) is 0 Å². The Labute approximate surface area is 96.7 Å². The van der Waals surface area contributed by atoms with E-state index in [1.165, 1.54) is 18.2 Å². The molecule has 0 aliphatic carbocycles. The normalized spacial score (nSPS) is 9.81. The standard InChI is InChI=1S/C10H10ClNO4/c11-4-3-9(14)12-7-5-6(10(15)16)1-2-8(7)13/h1-2,5,13H,3-4H2,(H,12,14)(H,15,16). The third-order valence-electron chi connectivity index (χ3n) is 1.84. The van der Waals surface area contributed by atoms with Gasteiger partial charge in [0.15, 0.2) is 0 Å². The van der Waals surface area contributed by atoms with Gasteiger partial charge in [-0.25, -0.2) is 4.79 Å². The number of carbonyl (C=O) groups is 2. The number of carboxylic acids is 1. The Morgan fingerprint density at radius 2 is 2.06 bits per heavy atom. The Kier molecular flexibility index (Phi) is 4.13. The van der Waals surface area contributed by atoms with E-state index in [0.29, 0.717) is 0 Å².